The number of hydrazine groups is 1. The van der Waals surface area contributed by atoms with Crippen LogP contribution in [-0.4, -0.2) is 21.7 Å². The van der Waals surface area contributed by atoms with Gasteiger partial charge in [0.15, 0.2) is 17.3 Å². The van der Waals surface area contributed by atoms with Crippen molar-refractivity contribution < 1.29 is 9.84 Å². The van der Waals surface area contributed by atoms with E-state index in [1.54, 1.807) is 18.2 Å². The van der Waals surface area contributed by atoms with Gasteiger partial charge in [0.1, 0.15) is 5.82 Å². The van der Waals surface area contributed by atoms with Crippen molar-refractivity contribution in [1.82, 2.24) is 9.97 Å². The van der Waals surface area contributed by atoms with Gasteiger partial charge in [0.2, 0.25) is 0 Å². The minimum absolute atomic E-state index is 0.0952. The Morgan fingerprint density at radius 2 is 2.05 bits per heavy atom. The molecule has 4 N–H and O–H groups in total. The van der Waals surface area contributed by atoms with E-state index in [1.807, 2.05) is 13.0 Å². The van der Waals surface area contributed by atoms with Gasteiger partial charge < -0.3 is 15.3 Å². The van der Waals surface area contributed by atoms with Crippen LogP contribution in [0.4, 0.5) is 5.82 Å². The van der Waals surface area contributed by atoms with Gasteiger partial charge in [0, 0.05) is 17.3 Å². The lowest BCUT2D eigenvalue weighted by Gasteiger charge is -2.11. The van der Waals surface area contributed by atoms with Crippen molar-refractivity contribution in [2.24, 2.45) is 5.84 Å². The fourth-order valence-electron chi connectivity index (χ4n) is 1.89. The normalized spacial score (nSPS) is 10.7. The maximum atomic E-state index is 9.76. The van der Waals surface area contributed by atoms with Gasteiger partial charge in [-0.3, -0.25) is 0 Å². The molecule has 0 atom stereocenters. The number of aromatic hydroxyl groups is 1. The van der Waals surface area contributed by atoms with Crippen molar-refractivity contribution in [2.75, 3.05) is 12.0 Å². The van der Waals surface area contributed by atoms with E-state index in [-0.39, 0.29) is 11.7 Å². The van der Waals surface area contributed by atoms with Crippen LogP contribution >= 0.6 is 0 Å². The summed E-state index contributed by atoms with van der Waals surface area (Å²) in [5, 5.41) is 9.76. The van der Waals surface area contributed by atoms with Crippen LogP contribution < -0.4 is 16.0 Å². The van der Waals surface area contributed by atoms with Gasteiger partial charge in [-0.2, -0.15) is 0 Å². The Morgan fingerprint density at radius 3 is 2.67 bits per heavy atom. The van der Waals surface area contributed by atoms with Gasteiger partial charge in [0.25, 0.3) is 0 Å². The van der Waals surface area contributed by atoms with E-state index in [2.05, 4.69) is 29.2 Å². The molecule has 0 aliphatic rings. The molecule has 0 bridgehead atoms. The SMILES string of the molecule is CCOc1cc(-c2nc(NN)cc(C(C)C)n2)ccc1O. The Hall–Kier alpha value is -2.34. The molecule has 1 heterocycles. The molecule has 2 aromatic rings. The molecule has 0 unspecified atom stereocenters. The number of benzene rings is 1. The number of rotatable bonds is 5. The molecule has 0 amide bonds. The van der Waals surface area contributed by atoms with Gasteiger partial charge >= 0.3 is 0 Å². The second kappa shape index (κ2) is 6.41. The molecule has 0 aliphatic heterocycles. The highest BCUT2D eigenvalue weighted by molar-refractivity contribution is 5.62. The maximum absolute atomic E-state index is 9.76. The smallest absolute Gasteiger partial charge is 0.161 e. The van der Waals surface area contributed by atoms with Gasteiger partial charge in [-0.1, -0.05) is 13.8 Å². The molecule has 0 fully saturated rings. The van der Waals surface area contributed by atoms with Crippen LogP contribution in [0.15, 0.2) is 24.3 Å². The molecule has 0 radical (unpaired) electrons. The number of hydrogen-bond donors (Lipinski definition) is 3. The summed E-state index contributed by atoms with van der Waals surface area (Å²) >= 11 is 0. The summed E-state index contributed by atoms with van der Waals surface area (Å²) in [4.78, 5) is 8.89. The number of hydrogen-bond acceptors (Lipinski definition) is 6. The molecule has 0 aliphatic carbocycles. The summed E-state index contributed by atoms with van der Waals surface area (Å²) in [7, 11) is 0. The first-order valence-corrected chi connectivity index (χ1v) is 6.87. The third-order valence-corrected chi connectivity index (χ3v) is 3.00. The predicted octanol–water partition coefficient (Wildman–Crippen LogP) is 2.66. The van der Waals surface area contributed by atoms with Gasteiger partial charge in [0.05, 0.1) is 6.61 Å². The van der Waals surface area contributed by atoms with Gasteiger partial charge in [-0.05, 0) is 31.0 Å². The van der Waals surface area contributed by atoms with Crippen LogP contribution in [0.1, 0.15) is 32.4 Å². The van der Waals surface area contributed by atoms with Crippen molar-refractivity contribution in [3.05, 3.63) is 30.0 Å². The van der Waals surface area contributed by atoms with E-state index in [1.165, 1.54) is 0 Å². The minimum Gasteiger partial charge on any atom is -0.504 e. The Labute approximate surface area is 124 Å². The summed E-state index contributed by atoms with van der Waals surface area (Å²) < 4.78 is 5.39. The van der Waals surface area contributed by atoms with Crippen molar-refractivity contribution in [3.63, 3.8) is 0 Å². The van der Waals surface area contributed by atoms with E-state index >= 15 is 0 Å². The van der Waals surface area contributed by atoms with Gasteiger partial charge in [-0.25, -0.2) is 15.8 Å². The molecule has 2 rings (SSSR count). The average molecular weight is 288 g/mol. The fourth-order valence-corrected chi connectivity index (χ4v) is 1.89. The van der Waals surface area contributed by atoms with Crippen molar-refractivity contribution in [2.45, 2.75) is 26.7 Å². The number of nitrogen functional groups attached to an aromatic ring is 1. The molecule has 0 saturated carbocycles. The summed E-state index contributed by atoms with van der Waals surface area (Å²) in [6.07, 6.45) is 0. The zero-order chi connectivity index (χ0) is 15.4. The zero-order valence-electron chi connectivity index (χ0n) is 12.4. The Bertz CT molecular complexity index is 629. The highest BCUT2D eigenvalue weighted by Crippen LogP contribution is 2.31. The minimum atomic E-state index is 0.0952. The maximum Gasteiger partial charge on any atom is 0.161 e. The number of anilines is 1. The summed E-state index contributed by atoms with van der Waals surface area (Å²) in [5.74, 6) is 7.31. The number of nitrogens with two attached hydrogens (primary N) is 1. The largest absolute Gasteiger partial charge is 0.504 e. The number of aromatic nitrogens is 2. The quantitative estimate of drug-likeness (QED) is 0.578. The van der Waals surface area contributed by atoms with Crippen LogP contribution in [0.25, 0.3) is 11.4 Å². The molecule has 6 heteroatoms. The fraction of sp³-hybridized carbons (Fsp3) is 0.333. The second-order valence-corrected chi connectivity index (χ2v) is 4.92. The molecule has 1 aromatic carbocycles. The summed E-state index contributed by atoms with van der Waals surface area (Å²) in [5.41, 5.74) is 4.20. The Balaban J connectivity index is 2.50. The number of ether oxygens (including phenoxy) is 1. The number of phenols is 1. The van der Waals surface area contributed by atoms with E-state index in [0.717, 1.165) is 11.3 Å². The molecule has 112 valence electrons. The van der Waals surface area contributed by atoms with E-state index in [0.29, 0.717) is 24.0 Å². The van der Waals surface area contributed by atoms with Crippen LogP contribution in [0.3, 0.4) is 0 Å². The second-order valence-electron chi connectivity index (χ2n) is 4.92. The predicted molar refractivity (Wildman–Crippen MR) is 82.2 cm³/mol. The standard InChI is InChI=1S/C15H20N4O2/c1-4-21-13-7-10(5-6-12(13)20)15-17-11(9(2)3)8-14(18-15)19-16/h5-9,20H,4,16H2,1-3H3,(H,17,18,19). The van der Waals surface area contributed by atoms with Crippen LogP contribution in [-0.2, 0) is 0 Å². The van der Waals surface area contributed by atoms with Crippen LogP contribution in [0.2, 0.25) is 0 Å². The van der Waals surface area contributed by atoms with Crippen LogP contribution in [0, 0.1) is 0 Å². The molecule has 0 spiro atoms. The molecular formula is C15H20N4O2. The number of nitrogens with one attached hydrogen (secondary N) is 1. The lowest BCUT2D eigenvalue weighted by Crippen LogP contribution is -2.11. The summed E-state index contributed by atoms with van der Waals surface area (Å²) in [6, 6.07) is 6.86. The molecule has 1 aromatic heterocycles. The molecule has 21 heavy (non-hydrogen) atoms. The average Bonchev–Trinajstić information content (AvgIpc) is 2.49. The van der Waals surface area contributed by atoms with E-state index < -0.39 is 0 Å². The summed E-state index contributed by atoms with van der Waals surface area (Å²) in [6.45, 7) is 6.43. The Morgan fingerprint density at radius 1 is 1.29 bits per heavy atom. The highest BCUT2D eigenvalue weighted by Gasteiger charge is 2.11. The van der Waals surface area contributed by atoms with Crippen molar-refractivity contribution >= 4 is 5.82 Å². The first-order valence-electron chi connectivity index (χ1n) is 6.87. The monoisotopic (exact) mass is 288 g/mol. The highest BCUT2D eigenvalue weighted by atomic mass is 16.5. The first kappa shape index (κ1) is 15.1. The molecule has 0 saturated heterocycles. The van der Waals surface area contributed by atoms with E-state index in [9.17, 15) is 5.11 Å². The van der Waals surface area contributed by atoms with Crippen molar-refractivity contribution in [1.29, 1.82) is 0 Å². The lowest BCUT2D eigenvalue weighted by atomic mass is 10.1. The number of phenolic OH excluding ortho intramolecular Hbond substituents is 1. The van der Waals surface area contributed by atoms with E-state index in [4.69, 9.17) is 10.6 Å². The molecule has 6 nitrogen and oxygen atoms in total. The first-order chi connectivity index (χ1) is 10.0. The van der Waals surface area contributed by atoms with Gasteiger partial charge in [-0.15, -0.1) is 0 Å². The molecular weight excluding hydrogens is 268 g/mol. The topological polar surface area (TPSA) is 93.3 Å². The zero-order valence-corrected chi connectivity index (χ0v) is 12.4. The van der Waals surface area contributed by atoms with Crippen molar-refractivity contribution in [3.8, 4) is 22.9 Å². The third kappa shape index (κ3) is 3.41. The number of nitrogens with zero attached hydrogens (tertiary/aromatic N) is 2. The lowest BCUT2D eigenvalue weighted by molar-refractivity contribution is 0.318. The Kier molecular flexibility index (Phi) is 4.59. The third-order valence-electron chi connectivity index (χ3n) is 3.00. The van der Waals surface area contributed by atoms with Crippen LogP contribution in [0.5, 0.6) is 11.5 Å².